The standard InChI is InChI=1S/C33H39N3O7/c1-24(2)41-28-10-4-3-9-27(28)34-20-22-35(23-21-34)29(37)11-7-8-25-12-14-26(15-13-25)32(40)36-19-6-5-18-33(36)42-30(38)16-17-31(39)43-33/h3-4,9-10,12-17,24H,5-8,11,18-23H2,1-2H3. The zero-order chi connectivity index (χ0) is 30.4. The molecule has 0 radical (unpaired) electrons. The van der Waals surface area contributed by atoms with Crippen LogP contribution in [0.5, 0.6) is 5.75 Å². The molecule has 5 rings (SSSR count). The number of rotatable bonds is 8. The molecule has 0 aliphatic carbocycles. The minimum absolute atomic E-state index is 0.0922. The molecule has 2 saturated heterocycles. The van der Waals surface area contributed by atoms with Crippen molar-refractivity contribution >= 4 is 29.4 Å². The molecular weight excluding hydrogens is 550 g/mol. The predicted octanol–water partition coefficient (Wildman–Crippen LogP) is 4.08. The SMILES string of the molecule is CC(C)Oc1ccccc1N1CCN(C(=O)CCCc2ccc(C(=O)N3CCCCC34OC(=O)C=CC(=O)O4)cc2)CC1. The van der Waals surface area contributed by atoms with Crippen molar-refractivity contribution in [2.75, 3.05) is 37.6 Å². The number of anilines is 1. The third kappa shape index (κ3) is 7.18. The van der Waals surface area contributed by atoms with Gasteiger partial charge in [-0.15, -0.1) is 0 Å². The first kappa shape index (κ1) is 30.1. The van der Waals surface area contributed by atoms with Gasteiger partial charge in [-0.1, -0.05) is 24.3 Å². The van der Waals surface area contributed by atoms with Gasteiger partial charge in [0.05, 0.1) is 11.8 Å². The molecule has 0 atom stereocenters. The average Bonchev–Trinajstić information content (AvgIpc) is 3.14. The number of carbonyl (C=O) groups excluding carboxylic acids is 4. The first-order valence-corrected chi connectivity index (χ1v) is 15.1. The van der Waals surface area contributed by atoms with Gasteiger partial charge in [-0.2, -0.15) is 0 Å². The van der Waals surface area contributed by atoms with E-state index in [1.807, 2.05) is 49.1 Å². The van der Waals surface area contributed by atoms with E-state index in [4.69, 9.17) is 14.2 Å². The maximum atomic E-state index is 13.4. The molecule has 0 N–H and O–H groups in total. The van der Waals surface area contributed by atoms with E-state index in [0.29, 0.717) is 57.3 Å². The van der Waals surface area contributed by atoms with Crippen molar-refractivity contribution in [1.82, 2.24) is 9.80 Å². The number of carbonyl (C=O) groups is 4. The van der Waals surface area contributed by atoms with Gasteiger partial charge in [0.2, 0.25) is 5.91 Å². The normalized spacial score (nSPS) is 18.3. The highest BCUT2D eigenvalue weighted by Gasteiger charge is 2.49. The number of likely N-dealkylation sites (tertiary alicyclic amines) is 1. The number of piperazine rings is 1. The Morgan fingerprint density at radius 2 is 1.56 bits per heavy atom. The van der Waals surface area contributed by atoms with Crippen LogP contribution in [-0.2, 0) is 30.3 Å². The Labute approximate surface area is 252 Å². The number of aryl methyl sites for hydroxylation is 1. The molecule has 10 heteroatoms. The van der Waals surface area contributed by atoms with Crippen LogP contribution in [0.1, 0.15) is 61.9 Å². The number of ether oxygens (including phenoxy) is 3. The van der Waals surface area contributed by atoms with Crippen molar-refractivity contribution in [3.63, 3.8) is 0 Å². The Morgan fingerprint density at radius 3 is 2.23 bits per heavy atom. The van der Waals surface area contributed by atoms with E-state index in [-0.39, 0.29) is 24.3 Å². The number of benzene rings is 2. The van der Waals surface area contributed by atoms with Crippen LogP contribution >= 0.6 is 0 Å². The first-order chi connectivity index (χ1) is 20.7. The summed E-state index contributed by atoms with van der Waals surface area (Å²) in [7, 11) is 0. The zero-order valence-corrected chi connectivity index (χ0v) is 24.8. The van der Waals surface area contributed by atoms with Crippen LogP contribution in [0.3, 0.4) is 0 Å². The van der Waals surface area contributed by atoms with Crippen molar-refractivity contribution in [3.05, 3.63) is 71.8 Å². The number of hydrogen-bond donors (Lipinski definition) is 0. The lowest BCUT2D eigenvalue weighted by molar-refractivity contribution is -0.279. The minimum Gasteiger partial charge on any atom is -0.489 e. The molecule has 228 valence electrons. The van der Waals surface area contributed by atoms with Crippen molar-refractivity contribution in [2.24, 2.45) is 0 Å². The number of amides is 2. The topological polar surface area (TPSA) is 106 Å². The fraction of sp³-hybridized carbons (Fsp3) is 0.455. The van der Waals surface area contributed by atoms with Crippen molar-refractivity contribution in [1.29, 1.82) is 0 Å². The Bertz CT molecular complexity index is 1340. The summed E-state index contributed by atoms with van der Waals surface area (Å²) >= 11 is 0. The summed E-state index contributed by atoms with van der Waals surface area (Å²) in [6.45, 7) is 7.19. The second kappa shape index (κ2) is 13.3. The fourth-order valence-corrected chi connectivity index (χ4v) is 5.77. The lowest BCUT2D eigenvalue weighted by atomic mass is 10.0. The van der Waals surface area contributed by atoms with Crippen LogP contribution in [0.2, 0.25) is 0 Å². The van der Waals surface area contributed by atoms with Gasteiger partial charge in [0.15, 0.2) is 0 Å². The molecular formula is C33H39N3O7. The molecule has 3 aliphatic rings. The lowest BCUT2D eigenvalue weighted by Crippen LogP contribution is -2.58. The summed E-state index contributed by atoms with van der Waals surface area (Å²) in [4.78, 5) is 56.1. The van der Waals surface area contributed by atoms with Crippen LogP contribution in [-0.4, -0.2) is 78.3 Å². The van der Waals surface area contributed by atoms with Gasteiger partial charge < -0.3 is 24.0 Å². The summed E-state index contributed by atoms with van der Waals surface area (Å²) in [5.74, 6) is -2.54. The molecule has 2 amide bonds. The largest absolute Gasteiger partial charge is 0.489 e. The van der Waals surface area contributed by atoms with E-state index in [0.717, 1.165) is 42.2 Å². The molecule has 3 heterocycles. The molecule has 0 bridgehead atoms. The highest BCUT2D eigenvalue weighted by atomic mass is 16.8. The molecule has 0 unspecified atom stereocenters. The number of nitrogens with zero attached hydrogens (tertiary/aromatic N) is 3. The molecule has 43 heavy (non-hydrogen) atoms. The molecule has 2 aromatic carbocycles. The minimum atomic E-state index is -1.73. The molecule has 10 nitrogen and oxygen atoms in total. The number of hydrogen-bond acceptors (Lipinski definition) is 8. The van der Waals surface area contributed by atoms with Crippen LogP contribution < -0.4 is 9.64 Å². The summed E-state index contributed by atoms with van der Waals surface area (Å²) < 4.78 is 16.9. The Hall–Kier alpha value is -4.34. The average molecular weight is 590 g/mol. The smallest absolute Gasteiger partial charge is 0.345 e. The molecule has 0 saturated carbocycles. The van der Waals surface area contributed by atoms with Crippen LogP contribution in [0.4, 0.5) is 5.69 Å². The second-order valence-electron chi connectivity index (χ2n) is 11.4. The fourth-order valence-electron chi connectivity index (χ4n) is 5.77. The van der Waals surface area contributed by atoms with Gasteiger partial charge in [0, 0.05) is 63.3 Å². The van der Waals surface area contributed by atoms with E-state index in [1.165, 1.54) is 4.90 Å². The van der Waals surface area contributed by atoms with Gasteiger partial charge in [0.25, 0.3) is 5.91 Å². The lowest BCUT2D eigenvalue weighted by Gasteiger charge is -2.43. The van der Waals surface area contributed by atoms with E-state index in [9.17, 15) is 19.2 Å². The van der Waals surface area contributed by atoms with Crippen molar-refractivity contribution in [2.45, 2.75) is 64.4 Å². The van der Waals surface area contributed by atoms with E-state index in [2.05, 4.69) is 11.0 Å². The van der Waals surface area contributed by atoms with Gasteiger partial charge >= 0.3 is 17.8 Å². The number of para-hydroxylation sites is 2. The maximum absolute atomic E-state index is 13.4. The number of esters is 2. The quantitative estimate of drug-likeness (QED) is 0.424. The molecule has 1 spiro atoms. The van der Waals surface area contributed by atoms with Crippen molar-refractivity contribution in [3.8, 4) is 5.75 Å². The highest BCUT2D eigenvalue weighted by molar-refractivity contribution is 5.97. The zero-order valence-electron chi connectivity index (χ0n) is 24.8. The van der Waals surface area contributed by atoms with Gasteiger partial charge in [0.1, 0.15) is 5.75 Å². The summed E-state index contributed by atoms with van der Waals surface area (Å²) in [6.07, 6.45) is 5.55. The molecule has 3 aliphatic heterocycles. The summed E-state index contributed by atoms with van der Waals surface area (Å²) in [5, 5.41) is 0. The monoisotopic (exact) mass is 589 g/mol. The van der Waals surface area contributed by atoms with E-state index in [1.54, 1.807) is 12.1 Å². The maximum Gasteiger partial charge on any atom is 0.345 e. The van der Waals surface area contributed by atoms with Crippen LogP contribution in [0.25, 0.3) is 0 Å². The highest BCUT2D eigenvalue weighted by Crippen LogP contribution is 2.34. The Kier molecular flexibility index (Phi) is 9.33. The molecule has 2 fully saturated rings. The van der Waals surface area contributed by atoms with Crippen LogP contribution in [0.15, 0.2) is 60.7 Å². The molecule has 0 aromatic heterocycles. The van der Waals surface area contributed by atoms with Gasteiger partial charge in [-0.3, -0.25) is 14.5 Å². The van der Waals surface area contributed by atoms with Crippen molar-refractivity contribution < 1.29 is 33.4 Å². The van der Waals surface area contributed by atoms with Gasteiger partial charge in [-0.05, 0) is 69.4 Å². The number of piperidine rings is 1. The predicted molar refractivity (Wildman–Crippen MR) is 159 cm³/mol. The van der Waals surface area contributed by atoms with E-state index >= 15 is 0 Å². The third-order valence-corrected chi connectivity index (χ3v) is 7.91. The summed E-state index contributed by atoms with van der Waals surface area (Å²) in [5.41, 5.74) is 2.48. The Morgan fingerprint density at radius 1 is 0.884 bits per heavy atom. The molecule has 2 aromatic rings. The van der Waals surface area contributed by atoms with Crippen LogP contribution in [0, 0.1) is 0 Å². The first-order valence-electron chi connectivity index (χ1n) is 15.1. The summed E-state index contributed by atoms with van der Waals surface area (Å²) in [6, 6.07) is 15.2. The van der Waals surface area contributed by atoms with E-state index < -0.39 is 17.8 Å². The third-order valence-electron chi connectivity index (χ3n) is 7.91. The second-order valence-corrected chi connectivity index (χ2v) is 11.4. The van der Waals surface area contributed by atoms with Gasteiger partial charge in [-0.25, -0.2) is 9.59 Å². The Balaban J connectivity index is 1.11.